The van der Waals surface area contributed by atoms with Gasteiger partial charge in [0.25, 0.3) is 0 Å². The van der Waals surface area contributed by atoms with E-state index in [1.54, 1.807) is 6.08 Å². The maximum absolute atomic E-state index is 4.76. The summed E-state index contributed by atoms with van der Waals surface area (Å²) in [5.41, 5.74) is 0. The Hall–Kier alpha value is -0.340. The normalized spacial score (nSPS) is 13.4. The minimum Gasteiger partial charge on any atom is -0.304 e. The van der Waals surface area contributed by atoms with Gasteiger partial charge in [0.05, 0.1) is 6.61 Å². The molecule has 0 aliphatic heterocycles. The van der Waals surface area contributed by atoms with Crippen LogP contribution in [-0.4, -0.2) is 6.61 Å². The van der Waals surface area contributed by atoms with Crippen molar-refractivity contribution in [3.8, 4) is 0 Å². The minimum atomic E-state index is 0.366. The lowest BCUT2D eigenvalue weighted by molar-refractivity contribution is 0.120. The molecule has 0 bridgehead atoms. The second-order valence-corrected chi connectivity index (χ2v) is 1.55. The molecule has 0 aromatic heterocycles. The predicted molar refractivity (Wildman–Crippen MR) is 29.5 cm³/mol. The fraction of sp³-hybridized carbons (Fsp3) is 0.600. The Bertz CT molecular complexity index is 54.0. The Morgan fingerprint density at radius 1 is 2.00 bits per heavy atom. The Labute approximate surface area is 43.9 Å². The molecule has 0 aromatic rings. The lowest BCUT2D eigenvalue weighted by atomic mass is 10.2. The highest BCUT2D eigenvalue weighted by molar-refractivity contribution is 4.73. The van der Waals surface area contributed by atoms with E-state index in [0.717, 1.165) is 0 Å². The highest BCUT2D eigenvalue weighted by Crippen LogP contribution is 1.91. The van der Waals surface area contributed by atoms with Crippen LogP contribution in [0.4, 0.5) is 0 Å². The topological polar surface area (TPSA) is 35.2 Å². The van der Waals surface area contributed by atoms with Crippen LogP contribution in [0, 0.1) is 5.92 Å². The van der Waals surface area contributed by atoms with Gasteiger partial charge in [0.1, 0.15) is 0 Å². The smallest absolute Gasteiger partial charge is 0.0739 e. The Kier molecular flexibility index (Phi) is 3.65. The Balaban J connectivity index is 2.98. The number of hydrogen-bond acceptors (Lipinski definition) is 2. The average Bonchev–Trinajstić information content (AvgIpc) is 1.68. The van der Waals surface area contributed by atoms with Crippen molar-refractivity contribution in [2.24, 2.45) is 11.8 Å². The zero-order valence-electron chi connectivity index (χ0n) is 4.55. The van der Waals surface area contributed by atoms with Crippen LogP contribution in [0.2, 0.25) is 0 Å². The van der Waals surface area contributed by atoms with E-state index in [9.17, 15) is 0 Å². The summed E-state index contributed by atoms with van der Waals surface area (Å²) in [6.07, 6.45) is 1.80. The molecule has 0 spiro atoms. The molecule has 2 nitrogen and oxygen atoms in total. The van der Waals surface area contributed by atoms with Gasteiger partial charge in [-0.2, -0.15) is 0 Å². The molecule has 0 saturated heterocycles. The first kappa shape index (κ1) is 6.66. The van der Waals surface area contributed by atoms with Crippen LogP contribution in [-0.2, 0) is 4.84 Å². The van der Waals surface area contributed by atoms with Crippen molar-refractivity contribution < 1.29 is 4.84 Å². The van der Waals surface area contributed by atoms with Gasteiger partial charge in [0.15, 0.2) is 0 Å². The Morgan fingerprint density at radius 3 is 2.71 bits per heavy atom. The molecule has 0 amide bonds. The fourth-order valence-electron chi connectivity index (χ4n) is 0.220. The van der Waals surface area contributed by atoms with Gasteiger partial charge < -0.3 is 4.84 Å². The molecule has 0 saturated carbocycles. The van der Waals surface area contributed by atoms with Crippen molar-refractivity contribution in [2.45, 2.75) is 6.92 Å². The summed E-state index contributed by atoms with van der Waals surface area (Å²) in [4.78, 5) is 4.32. The molecular weight excluding hydrogens is 90.1 g/mol. The first-order valence-corrected chi connectivity index (χ1v) is 2.25. The summed E-state index contributed by atoms with van der Waals surface area (Å²) < 4.78 is 0. The lowest BCUT2D eigenvalue weighted by Crippen LogP contribution is -2.06. The van der Waals surface area contributed by atoms with Gasteiger partial charge >= 0.3 is 0 Å². The van der Waals surface area contributed by atoms with Crippen molar-refractivity contribution in [3.63, 3.8) is 0 Å². The molecule has 0 aromatic carbocycles. The molecule has 0 radical (unpaired) electrons. The summed E-state index contributed by atoms with van der Waals surface area (Å²) in [7, 11) is 0. The van der Waals surface area contributed by atoms with Crippen molar-refractivity contribution in [1.29, 1.82) is 0 Å². The molecule has 42 valence electrons. The van der Waals surface area contributed by atoms with Crippen LogP contribution in [0.3, 0.4) is 0 Å². The zero-order chi connectivity index (χ0) is 5.70. The molecule has 2 heteroatoms. The third kappa shape index (κ3) is 3.49. The van der Waals surface area contributed by atoms with Crippen LogP contribution < -0.4 is 5.90 Å². The van der Waals surface area contributed by atoms with Gasteiger partial charge in [-0.3, -0.25) is 0 Å². The second kappa shape index (κ2) is 3.84. The van der Waals surface area contributed by atoms with Crippen LogP contribution in [0.5, 0.6) is 0 Å². The molecule has 0 unspecified atom stereocenters. The van der Waals surface area contributed by atoms with Gasteiger partial charge in [-0.15, -0.1) is 6.58 Å². The van der Waals surface area contributed by atoms with Gasteiger partial charge in [0.2, 0.25) is 0 Å². The zero-order valence-corrected chi connectivity index (χ0v) is 4.55. The van der Waals surface area contributed by atoms with Crippen molar-refractivity contribution in [3.05, 3.63) is 12.7 Å². The number of rotatable bonds is 3. The summed E-state index contributed by atoms with van der Waals surface area (Å²) in [6, 6.07) is 0. The predicted octanol–water partition coefficient (Wildman–Crippen LogP) is 0.699. The van der Waals surface area contributed by atoms with Gasteiger partial charge in [-0.25, -0.2) is 5.90 Å². The maximum atomic E-state index is 4.76. The van der Waals surface area contributed by atoms with Crippen LogP contribution in [0.15, 0.2) is 12.7 Å². The van der Waals surface area contributed by atoms with Gasteiger partial charge in [-0.1, -0.05) is 13.0 Å². The second-order valence-electron chi connectivity index (χ2n) is 1.55. The summed E-state index contributed by atoms with van der Waals surface area (Å²) in [5.74, 6) is 5.12. The molecule has 0 heterocycles. The van der Waals surface area contributed by atoms with E-state index in [0.29, 0.717) is 12.5 Å². The molecule has 7 heavy (non-hydrogen) atoms. The molecule has 0 aliphatic rings. The van der Waals surface area contributed by atoms with Crippen molar-refractivity contribution in [1.82, 2.24) is 0 Å². The quantitative estimate of drug-likeness (QED) is 0.419. The number of hydrogen-bond donors (Lipinski definition) is 1. The first-order chi connectivity index (χ1) is 3.31. The van der Waals surface area contributed by atoms with Crippen molar-refractivity contribution >= 4 is 0 Å². The van der Waals surface area contributed by atoms with E-state index < -0.39 is 0 Å². The van der Waals surface area contributed by atoms with Crippen LogP contribution >= 0.6 is 0 Å². The number of nitrogens with two attached hydrogens (primary N) is 1. The van der Waals surface area contributed by atoms with E-state index in [-0.39, 0.29) is 0 Å². The highest BCUT2D eigenvalue weighted by atomic mass is 16.6. The largest absolute Gasteiger partial charge is 0.304 e. The fourth-order valence-corrected chi connectivity index (χ4v) is 0.220. The molecule has 1 atom stereocenters. The van der Waals surface area contributed by atoms with E-state index in [4.69, 9.17) is 5.90 Å². The Morgan fingerprint density at radius 2 is 2.57 bits per heavy atom. The molecule has 2 N–H and O–H groups in total. The summed E-state index contributed by atoms with van der Waals surface area (Å²) in [6.45, 7) is 6.09. The highest BCUT2D eigenvalue weighted by Gasteiger charge is 1.90. The third-order valence-electron chi connectivity index (χ3n) is 0.761. The van der Waals surface area contributed by atoms with E-state index in [1.165, 1.54) is 0 Å². The SMILES string of the molecule is C=C[C@H](C)CON. The molecule has 0 aliphatic carbocycles. The standard InChI is InChI=1S/C5H11NO/c1-3-5(2)4-7-6/h3,5H,1,4,6H2,2H3/t5-/m0/s1. The average molecular weight is 101 g/mol. The van der Waals surface area contributed by atoms with Gasteiger partial charge in [-0.05, 0) is 5.92 Å². The van der Waals surface area contributed by atoms with Crippen LogP contribution in [0.25, 0.3) is 0 Å². The monoisotopic (exact) mass is 101 g/mol. The van der Waals surface area contributed by atoms with E-state index >= 15 is 0 Å². The minimum absolute atomic E-state index is 0.366. The lowest BCUT2D eigenvalue weighted by Gasteiger charge is -1.99. The van der Waals surface area contributed by atoms with E-state index in [1.807, 2.05) is 6.92 Å². The summed E-state index contributed by atoms with van der Waals surface area (Å²) in [5, 5.41) is 0. The molecular formula is C5H11NO. The third-order valence-corrected chi connectivity index (χ3v) is 0.761. The maximum Gasteiger partial charge on any atom is 0.0739 e. The van der Waals surface area contributed by atoms with Crippen molar-refractivity contribution in [2.75, 3.05) is 6.61 Å². The molecule has 0 rings (SSSR count). The van der Waals surface area contributed by atoms with Crippen LogP contribution in [0.1, 0.15) is 6.92 Å². The first-order valence-electron chi connectivity index (χ1n) is 2.25. The summed E-state index contributed by atoms with van der Waals surface area (Å²) >= 11 is 0. The van der Waals surface area contributed by atoms with E-state index in [2.05, 4.69) is 11.4 Å². The van der Waals surface area contributed by atoms with Gasteiger partial charge in [0, 0.05) is 0 Å². The molecule has 0 fully saturated rings.